The molecule has 1 N–H and O–H groups in total. The fourth-order valence-corrected chi connectivity index (χ4v) is 2.03. The number of aromatic nitrogens is 2. The van der Waals surface area contributed by atoms with Crippen LogP contribution in [-0.4, -0.2) is 28.0 Å². The minimum Gasteiger partial charge on any atom is -0.496 e. The van der Waals surface area contributed by atoms with E-state index >= 15 is 0 Å². The molecule has 0 saturated heterocycles. The third kappa shape index (κ3) is 2.93. The molecule has 2 rings (SSSR count). The fraction of sp³-hybridized carbons (Fsp3) is 0.286. The number of hydrogen-bond donors (Lipinski definition) is 1. The van der Waals surface area contributed by atoms with Crippen molar-refractivity contribution in [1.29, 1.82) is 0 Å². The molecular weight excluding hydrogens is 244 g/mol. The molecular formula is C14H16N2O3. The lowest BCUT2D eigenvalue weighted by atomic mass is 10.0. The van der Waals surface area contributed by atoms with Crippen LogP contribution in [0.3, 0.4) is 0 Å². The van der Waals surface area contributed by atoms with E-state index < -0.39 is 5.97 Å². The van der Waals surface area contributed by atoms with Crippen LogP contribution < -0.4 is 4.74 Å². The molecule has 0 aliphatic carbocycles. The average Bonchev–Trinajstić information content (AvgIpc) is 2.77. The summed E-state index contributed by atoms with van der Waals surface area (Å²) in [5, 5.41) is 13.2. The smallest absolute Gasteiger partial charge is 0.303 e. The number of ether oxygens (including phenoxy) is 1. The molecule has 0 unspecified atom stereocenters. The first-order valence-corrected chi connectivity index (χ1v) is 5.99. The number of para-hydroxylation sites is 1. The summed E-state index contributed by atoms with van der Waals surface area (Å²) in [6, 6.07) is 7.59. The van der Waals surface area contributed by atoms with Gasteiger partial charge in [-0.25, -0.2) is 0 Å². The standard InChI is InChI=1S/C14H16N2O3/c1-16-9-10(7-8-13(17)18)14(15-16)11-5-3-4-6-12(11)19-2/h3-6,9H,7-8H2,1-2H3,(H,17,18). The van der Waals surface area contributed by atoms with E-state index in [9.17, 15) is 4.79 Å². The first-order valence-electron chi connectivity index (χ1n) is 5.99. The summed E-state index contributed by atoms with van der Waals surface area (Å²) < 4.78 is 7.02. The number of hydrogen-bond acceptors (Lipinski definition) is 3. The van der Waals surface area contributed by atoms with E-state index in [1.807, 2.05) is 37.5 Å². The molecule has 0 atom stereocenters. The van der Waals surface area contributed by atoms with Crippen molar-refractivity contribution >= 4 is 5.97 Å². The van der Waals surface area contributed by atoms with Crippen molar-refractivity contribution in [2.75, 3.05) is 7.11 Å². The molecule has 5 heteroatoms. The minimum absolute atomic E-state index is 0.0911. The van der Waals surface area contributed by atoms with Gasteiger partial charge in [-0.05, 0) is 24.1 Å². The highest BCUT2D eigenvalue weighted by molar-refractivity contribution is 5.71. The van der Waals surface area contributed by atoms with Gasteiger partial charge in [-0.15, -0.1) is 0 Å². The summed E-state index contributed by atoms with van der Waals surface area (Å²) in [4.78, 5) is 10.7. The Morgan fingerprint density at radius 3 is 2.84 bits per heavy atom. The van der Waals surface area contributed by atoms with E-state index in [2.05, 4.69) is 5.10 Å². The molecule has 19 heavy (non-hydrogen) atoms. The van der Waals surface area contributed by atoms with Gasteiger partial charge in [-0.1, -0.05) is 12.1 Å². The van der Waals surface area contributed by atoms with Gasteiger partial charge in [0.05, 0.1) is 12.8 Å². The topological polar surface area (TPSA) is 64.4 Å². The van der Waals surface area contributed by atoms with Crippen molar-refractivity contribution in [1.82, 2.24) is 9.78 Å². The van der Waals surface area contributed by atoms with Gasteiger partial charge in [0.1, 0.15) is 5.75 Å². The monoisotopic (exact) mass is 260 g/mol. The lowest BCUT2D eigenvalue weighted by Gasteiger charge is -2.07. The summed E-state index contributed by atoms with van der Waals surface area (Å²) >= 11 is 0. The number of benzene rings is 1. The summed E-state index contributed by atoms with van der Waals surface area (Å²) in [6.07, 6.45) is 2.40. The molecule has 2 aromatic rings. The molecule has 0 saturated carbocycles. The fourth-order valence-electron chi connectivity index (χ4n) is 2.03. The number of rotatable bonds is 5. The van der Waals surface area contributed by atoms with Crippen molar-refractivity contribution in [2.45, 2.75) is 12.8 Å². The summed E-state index contributed by atoms with van der Waals surface area (Å²) in [5.74, 6) is -0.0763. The van der Waals surface area contributed by atoms with Crippen LogP contribution in [0.1, 0.15) is 12.0 Å². The molecule has 0 aliphatic heterocycles. The molecule has 0 fully saturated rings. The Morgan fingerprint density at radius 2 is 2.16 bits per heavy atom. The van der Waals surface area contributed by atoms with Gasteiger partial charge in [0.25, 0.3) is 0 Å². The number of aliphatic carboxylic acids is 1. The Kier molecular flexibility index (Phi) is 3.85. The van der Waals surface area contributed by atoms with Crippen molar-refractivity contribution in [2.24, 2.45) is 7.05 Å². The summed E-state index contributed by atoms with van der Waals surface area (Å²) in [5.41, 5.74) is 2.57. The van der Waals surface area contributed by atoms with Crippen LogP contribution in [0.15, 0.2) is 30.5 Å². The molecule has 0 radical (unpaired) electrons. The van der Waals surface area contributed by atoms with Gasteiger partial charge in [0.15, 0.2) is 0 Å². The second-order valence-electron chi connectivity index (χ2n) is 4.27. The van der Waals surface area contributed by atoms with Crippen molar-refractivity contribution in [3.05, 3.63) is 36.0 Å². The zero-order valence-electron chi connectivity index (χ0n) is 11.0. The predicted octanol–water partition coefficient (Wildman–Crippen LogP) is 2.11. The molecule has 1 aromatic carbocycles. The zero-order chi connectivity index (χ0) is 13.8. The van der Waals surface area contributed by atoms with Gasteiger partial charge in [0.2, 0.25) is 0 Å². The SMILES string of the molecule is COc1ccccc1-c1nn(C)cc1CCC(=O)O. The molecule has 0 bridgehead atoms. The minimum atomic E-state index is -0.810. The number of carboxylic acid groups (broad SMARTS) is 1. The molecule has 1 heterocycles. The summed E-state index contributed by atoms with van der Waals surface area (Å²) in [6.45, 7) is 0. The van der Waals surface area contributed by atoms with E-state index in [1.165, 1.54) is 0 Å². The first kappa shape index (κ1) is 13.1. The van der Waals surface area contributed by atoms with Gasteiger partial charge >= 0.3 is 5.97 Å². The molecule has 0 spiro atoms. The number of carboxylic acids is 1. The normalized spacial score (nSPS) is 10.4. The Morgan fingerprint density at radius 1 is 1.42 bits per heavy atom. The first-order chi connectivity index (χ1) is 9.11. The highest BCUT2D eigenvalue weighted by atomic mass is 16.5. The highest BCUT2D eigenvalue weighted by Crippen LogP contribution is 2.31. The van der Waals surface area contributed by atoms with Gasteiger partial charge in [-0.2, -0.15) is 5.10 Å². The Bertz CT molecular complexity index is 590. The maximum absolute atomic E-state index is 10.7. The van der Waals surface area contributed by atoms with Gasteiger partial charge < -0.3 is 9.84 Å². The van der Waals surface area contributed by atoms with Crippen LogP contribution in [0.5, 0.6) is 5.75 Å². The van der Waals surface area contributed by atoms with Crippen molar-refractivity contribution < 1.29 is 14.6 Å². The number of nitrogens with zero attached hydrogens (tertiary/aromatic N) is 2. The second kappa shape index (κ2) is 5.56. The van der Waals surface area contributed by atoms with E-state index in [1.54, 1.807) is 11.8 Å². The van der Waals surface area contributed by atoms with Crippen LogP contribution in [0, 0.1) is 0 Å². The Hall–Kier alpha value is -2.30. The van der Waals surface area contributed by atoms with Crippen LogP contribution in [0.25, 0.3) is 11.3 Å². The van der Waals surface area contributed by atoms with Crippen LogP contribution >= 0.6 is 0 Å². The quantitative estimate of drug-likeness (QED) is 0.894. The third-order valence-corrected chi connectivity index (χ3v) is 2.87. The van der Waals surface area contributed by atoms with Crippen LogP contribution in [0.4, 0.5) is 0 Å². The molecule has 1 aromatic heterocycles. The number of aryl methyl sites for hydroxylation is 2. The van der Waals surface area contributed by atoms with Crippen LogP contribution in [-0.2, 0) is 18.3 Å². The molecule has 5 nitrogen and oxygen atoms in total. The average molecular weight is 260 g/mol. The number of carbonyl (C=O) groups is 1. The lowest BCUT2D eigenvalue weighted by molar-refractivity contribution is -0.136. The summed E-state index contributed by atoms with van der Waals surface area (Å²) in [7, 11) is 3.43. The van der Waals surface area contributed by atoms with Crippen molar-refractivity contribution in [3.63, 3.8) is 0 Å². The Balaban J connectivity index is 2.41. The van der Waals surface area contributed by atoms with E-state index in [0.717, 1.165) is 22.6 Å². The maximum Gasteiger partial charge on any atom is 0.303 e. The van der Waals surface area contributed by atoms with E-state index in [4.69, 9.17) is 9.84 Å². The van der Waals surface area contributed by atoms with E-state index in [-0.39, 0.29) is 6.42 Å². The maximum atomic E-state index is 10.7. The third-order valence-electron chi connectivity index (χ3n) is 2.87. The largest absolute Gasteiger partial charge is 0.496 e. The van der Waals surface area contributed by atoms with E-state index in [0.29, 0.717) is 6.42 Å². The van der Waals surface area contributed by atoms with Crippen LogP contribution in [0.2, 0.25) is 0 Å². The molecule has 0 aliphatic rings. The molecule has 0 amide bonds. The molecule has 100 valence electrons. The Labute approximate surface area is 111 Å². The highest BCUT2D eigenvalue weighted by Gasteiger charge is 2.14. The predicted molar refractivity (Wildman–Crippen MR) is 71.2 cm³/mol. The second-order valence-corrected chi connectivity index (χ2v) is 4.27. The number of methoxy groups -OCH3 is 1. The zero-order valence-corrected chi connectivity index (χ0v) is 11.0. The van der Waals surface area contributed by atoms with Gasteiger partial charge in [-0.3, -0.25) is 9.48 Å². The lowest BCUT2D eigenvalue weighted by Crippen LogP contribution is -1.98. The van der Waals surface area contributed by atoms with Gasteiger partial charge in [0, 0.05) is 25.2 Å². The van der Waals surface area contributed by atoms with Crippen molar-refractivity contribution in [3.8, 4) is 17.0 Å².